The van der Waals surface area contributed by atoms with Gasteiger partial charge in [0, 0.05) is 30.3 Å². The molecule has 0 bridgehead atoms. The minimum Gasteiger partial charge on any atom is -0.497 e. The van der Waals surface area contributed by atoms with Crippen molar-refractivity contribution in [1.29, 1.82) is 0 Å². The van der Waals surface area contributed by atoms with E-state index in [4.69, 9.17) is 18.9 Å². The lowest BCUT2D eigenvalue weighted by Gasteiger charge is -2.08. The average Bonchev–Trinajstić information content (AvgIpc) is 2.60. The number of methoxy groups -OCH3 is 4. The Balaban J connectivity index is 0.000000243. The predicted octanol–water partition coefficient (Wildman–Crippen LogP) is 3.50. The Morgan fingerprint density at radius 3 is 1.46 bits per heavy atom. The van der Waals surface area contributed by atoms with Crippen molar-refractivity contribution in [2.24, 2.45) is 0 Å². The molecule has 2 aromatic rings. The number of rotatable bonds is 5. The van der Waals surface area contributed by atoms with Gasteiger partial charge in [-0.15, -0.1) is 0 Å². The van der Waals surface area contributed by atoms with Gasteiger partial charge in [0.25, 0.3) is 0 Å². The highest BCUT2D eigenvalue weighted by Crippen LogP contribution is 2.27. The van der Waals surface area contributed by atoms with E-state index in [2.05, 4.69) is 0 Å². The van der Waals surface area contributed by atoms with E-state index < -0.39 is 5.82 Å². The molecule has 7 heteroatoms. The molecule has 0 unspecified atom stereocenters. The van der Waals surface area contributed by atoms with E-state index in [0.29, 0.717) is 17.8 Å². The Morgan fingerprint density at radius 1 is 0.708 bits per heavy atom. The van der Waals surface area contributed by atoms with E-state index >= 15 is 0 Å². The highest BCUT2D eigenvalue weighted by atomic mass is 19.1. The van der Waals surface area contributed by atoms with E-state index in [1.54, 1.807) is 6.07 Å². The zero-order chi connectivity index (χ0) is 18.1. The summed E-state index contributed by atoms with van der Waals surface area (Å²) in [6.07, 6.45) is 0.567. The summed E-state index contributed by atoms with van der Waals surface area (Å²) >= 11 is 0. The maximum Gasteiger partial charge on any atom is 0.157 e. The molecule has 2 aromatic carbocycles. The van der Waals surface area contributed by atoms with Gasteiger partial charge in [-0.05, 0) is 0 Å². The van der Waals surface area contributed by atoms with Crippen molar-refractivity contribution >= 4 is 6.29 Å². The Hall–Kier alpha value is -2.83. The molecular weight excluding hydrogens is 322 g/mol. The smallest absolute Gasteiger partial charge is 0.157 e. The van der Waals surface area contributed by atoms with Gasteiger partial charge in [-0.3, -0.25) is 4.79 Å². The van der Waals surface area contributed by atoms with Crippen LogP contribution in [0.25, 0.3) is 0 Å². The van der Waals surface area contributed by atoms with Gasteiger partial charge in [0.05, 0.1) is 34.0 Å². The van der Waals surface area contributed by atoms with E-state index in [-0.39, 0.29) is 22.9 Å². The molecule has 0 spiro atoms. The number of aldehydes is 1. The third kappa shape index (κ3) is 5.12. The highest BCUT2D eigenvalue weighted by molar-refractivity contribution is 5.83. The van der Waals surface area contributed by atoms with E-state index in [1.165, 1.54) is 40.6 Å². The van der Waals surface area contributed by atoms with Gasteiger partial charge in [-0.25, -0.2) is 8.78 Å². The fraction of sp³-hybridized carbons (Fsp3) is 0.235. The van der Waals surface area contributed by atoms with Crippen LogP contribution in [0.4, 0.5) is 8.78 Å². The maximum absolute atomic E-state index is 12.8. The normalized spacial score (nSPS) is 9.42. The fourth-order valence-electron chi connectivity index (χ4n) is 1.80. The van der Waals surface area contributed by atoms with Crippen LogP contribution in [0.2, 0.25) is 0 Å². The van der Waals surface area contributed by atoms with Crippen molar-refractivity contribution in [3.05, 3.63) is 47.5 Å². The topological polar surface area (TPSA) is 54.0 Å². The molecule has 24 heavy (non-hydrogen) atoms. The first-order chi connectivity index (χ1) is 11.5. The Morgan fingerprint density at radius 2 is 1.12 bits per heavy atom. The fourth-order valence-corrected chi connectivity index (χ4v) is 1.80. The third-order valence-corrected chi connectivity index (χ3v) is 2.94. The zero-order valence-corrected chi connectivity index (χ0v) is 13.8. The second-order valence-corrected chi connectivity index (χ2v) is 4.37. The van der Waals surface area contributed by atoms with Gasteiger partial charge in [0.1, 0.15) is 34.6 Å². The summed E-state index contributed by atoms with van der Waals surface area (Å²) in [6, 6.07) is 6.46. The SMILES string of the molecule is COc1cc(F)cc(OC)c1.COc1cc(F)cc(OC)c1C=O. The van der Waals surface area contributed by atoms with Crippen LogP contribution in [0.3, 0.4) is 0 Å². The number of carbonyl (C=O) groups excluding carboxylic acids is 1. The quantitative estimate of drug-likeness (QED) is 0.780. The molecule has 0 saturated carbocycles. The standard InChI is InChI=1S/C9H9FO3.C8H9FO2/c1-12-8-3-6(10)4-9(13-2)7(8)5-11;1-10-7-3-6(9)4-8(5-7)11-2/h3-5H,1-2H3;3-5H,1-2H3. The second kappa shape index (κ2) is 9.34. The van der Waals surface area contributed by atoms with E-state index in [0.717, 1.165) is 12.1 Å². The first kappa shape index (κ1) is 19.2. The first-order valence-electron chi connectivity index (χ1n) is 6.74. The Kier molecular flexibility index (Phi) is 7.48. The number of hydrogen-bond acceptors (Lipinski definition) is 5. The lowest BCUT2D eigenvalue weighted by Crippen LogP contribution is -1.96. The van der Waals surface area contributed by atoms with Crippen LogP contribution < -0.4 is 18.9 Å². The van der Waals surface area contributed by atoms with Crippen molar-refractivity contribution in [1.82, 2.24) is 0 Å². The second-order valence-electron chi connectivity index (χ2n) is 4.37. The van der Waals surface area contributed by atoms with Crippen LogP contribution in [0, 0.1) is 11.6 Å². The van der Waals surface area contributed by atoms with Crippen molar-refractivity contribution in [2.75, 3.05) is 28.4 Å². The maximum atomic E-state index is 12.8. The molecule has 0 fully saturated rings. The molecule has 0 aliphatic carbocycles. The van der Waals surface area contributed by atoms with Crippen molar-refractivity contribution in [3.63, 3.8) is 0 Å². The van der Waals surface area contributed by atoms with Gasteiger partial charge in [0.2, 0.25) is 0 Å². The molecule has 0 atom stereocenters. The van der Waals surface area contributed by atoms with Crippen LogP contribution in [0.15, 0.2) is 30.3 Å². The van der Waals surface area contributed by atoms with Gasteiger partial charge in [0.15, 0.2) is 6.29 Å². The minimum atomic E-state index is -0.501. The number of hydrogen-bond donors (Lipinski definition) is 0. The van der Waals surface area contributed by atoms with Crippen LogP contribution in [0.5, 0.6) is 23.0 Å². The van der Waals surface area contributed by atoms with Gasteiger partial charge in [-0.1, -0.05) is 0 Å². The largest absolute Gasteiger partial charge is 0.497 e. The van der Waals surface area contributed by atoms with Crippen molar-refractivity contribution in [2.45, 2.75) is 0 Å². The van der Waals surface area contributed by atoms with Crippen LogP contribution in [0.1, 0.15) is 10.4 Å². The summed E-state index contributed by atoms with van der Waals surface area (Å²) in [5, 5.41) is 0. The van der Waals surface area contributed by atoms with E-state index in [1.807, 2.05) is 0 Å². The van der Waals surface area contributed by atoms with Crippen molar-refractivity contribution < 1.29 is 32.5 Å². The molecule has 0 amide bonds. The summed E-state index contributed by atoms with van der Waals surface area (Å²) < 4.78 is 44.7. The number of benzene rings is 2. The molecule has 130 valence electrons. The van der Waals surface area contributed by atoms with Gasteiger partial charge >= 0.3 is 0 Å². The molecule has 0 aliphatic heterocycles. The monoisotopic (exact) mass is 340 g/mol. The number of halogens is 2. The minimum absolute atomic E-state index is 0.173. The lowest BCUT2D eigenvalue weighted by molar-refractivity contribution is 0.111. The Labute approximate surface area is 138 Å². The molecule has 0 saturated heterocycles. The summed E-state index contributed by atoms with van der Waals surface area (Å²) in [5.41, 5.74) is 0.214. The van der Waals surface area contributed by atoms with Crippen LogP contribution >= 0.6 is 0 Å². The first-order valence-corrected chi connectivity index (χ1v) is 6.74. The van der Waals surface area contributed by atoms with Crippen LogP contribution in [-0.4, -0.2) is 34.7 Å². The molecule has 0 radical (unpaired) electrons. The highest BCUT2D eigenvalue weighted by Gasteiger charge is 2.11. The summed E-state index contributed by atoms with van der Waals surface area (Å²) in [4.78, 5) is 10.6. The van der Waals surface area contributed by atoms with Gasteiger partial charge < -0.3 is 18.9 Å². The number of ether oxygens (including phenoxy) is 4. The van der Waals surface area contributed by atoms with Crippen LogP contribution in [-0.2, 0) is 0 Å². The average molecular weight is 340 g/mol. The predicted molar refractivity (Wildman–Crippen MR) is 84.4 cm³/mol. The molecule has 0 heterocycles. The number of carbonyl (C=O) groups is 1. The summed E-state index contributed by atoms with van der Waals surface area (Å²) in [5.74, 6) is 0.405. The summed E-state index contributed by atoms with van der Waals surface area (Å²) in [6.45, 7) is 0. The molecule has 0 N–H and O–H groups in total. The molecular formula is C17H18F2O5. The van der Waals surface area contributed by atoms with Gasteiger partial charge in [-0.2, -0.15) is 0 Å². The lowest BCUT2D eigenvalue weighted by atomic mass is 10.2. The third-order valence-electron chi connectivity index (χ3n) is 2.94. The molecule has 0 aromatic heterocycles. The van der Waals surface area contributed by atoms with E-state index in [9.17, 15) is 13.6 Å². The molecule has 2 rings (SSSR count). The zero-order valence-electron chi connectivity index (χ0n) is 13.8. The van der Waals surface area contributed by atoms with Crippen molar-refractivity contribution in [3.8, 4) is 23.0 Å². The Bertz CT molecular complexity index is 641. The summed E-state index contributed by atoms with van der Waals surface area (Å²) in [7, 11) is 5.69. The molecule has 0 aliphatic rings. The molecule has 5 nitrogen and oxygen atoms in total.